The number of aryl methyl sites for hydroxylation is 1. The third-order valence-electron chi connectivity index (χ3n) is 2.56. The smallest absolute Gasteiger partial charge is 0.122 e. The van der Waals surface area contributed by atoms with E-state index in [1.807, 2.05) is 26.0 Å². The van der Waals surface area contributed by atoms with E-state index in [0.29, 0.717) is 13.2 Å². The number of ether oxygens (including phenoxy) is 2. The van der Waals surface area contributed by atoms with Gasteiger partial charge in [-0.05, 0) is 37.5 Å². The Morgan fingerprint density at radius 1 is 1.24 bits per heavy atom. The van der Waals surface area contributed by atoms with Crippen molar-refractivity contribution >= 4 is 0 Å². The zero-order valence-corrected chi connectivity index (χ0v) is 11.0. The fraction of sp³-hybridized carbons (Fsp3) is 0.571. The Kier molecular flexibility index (Phi) is 6.01. The number of hydrogen-bond acceptors (Lipinski definition) is 3. The van der Waals surface area contributed by atoms with Crippen molar-refractivity contribution in [2.45, 2.75) is 33.2 Å². The molecule has 0 amide bonds. The standard InChI is InChI=1S/C14H23NO2/c1-4-7-16-8-9-17-14-6-5-13(12(3)15)10-11(14)2/h5-6,10,12H,4,7-9,15H2,1-3H3/t12-/m1/s1. The Morgan fingerprint density at radius 3 is 2.59 bits per heavy atom. The first-order valence-electron chi connectivity index (χ1n) is 6.21. The van der Waals surface area contributed by atoms with Crippen molar-refractivity contribution in [2.75, 3.05) is 19.8 Å². The first-order valence-corrected chi connectivity index (χ1v) is 6.21. The minimum Gasteiger partial charge on any atom is -0.491 e. The summed E-state index contributed by atoms with van der Waals surface area (Å²) in [6, 6.07) is 6.14. The second-order valence-corrected chi connectivity index (χ2v) is 4.27. The lowest BCUT2D eigenvalue weighted by atomic mass is 10.1. The first-order chi connectivity index (χ1) is 8.15. The Bertz CT molecular complexity index is 337. The maximum absolute atomic E-state index is 5.83. The van der Waals surface area contributed by atoms with Crippen LogP contribution in [0.3, 0.4) is 0 Å². The fourth-order valence-corrected chi connectivity index (χ4v) is 1.57. The van der Waals surface area contributed by atoms with Gasteiger partial charge in [0.25, 0.3) is 0 Å². The Morgan fingerprint density at radius 2 is 2.00 bits per heavy atom. The van der Waals surface area contributed by atoms with Gasteiger partial charge >= 0.3 is 0 Å². The van der Waals surface area contributed by atoms with Crippen LogP contribution in [0.4, 0.5) is 0 Å². The third-order valence-corrected chi connectivity index (χ3v) is 2.56. The Labute approximate surface area is 104 Å². The van der Waals surface area contributed by atoms with E-state index in [2.05, 4.69) is 13.0 Å². The number of rotatable bonds is 7. The largest absolute Gasteiger partial charge is 0.491 e. The van der Waals surface area contributed by atoms with Gasteiger partial charge in [-0.2, -0.15) is 0 Å². The molecule has 1 aromatic rings. The summed E-state index contributed by atoms with van der Waals surface area (Å²) in [6.45, 7) is 8.15. The lowest BCUT2D eigenvalue weighted by Crippen LogP contribution is -2.09. The van der Waals surface area contributed by atoms with Crippen LogP contribution < -0.4 is 10.5 Å². The lowest BCUT2D eigenvalue weighted by Gasteiger charge is -2.12. The summed E-state index contributed by atoms with van der Waals surface area (Å²) in [6.07, 6.45) is 1.04. The quantitative estimate of drug-likeness (QED) is 0.742. The van der Waals surface area contributed by atoms with Crippen LogP contribution in [0.5, 0.6) is 5.75 Å². The molecule has 17 heavy (non-hydrogen) atoms. The molecule has 0 bridgehead atoms. The molecule has 0 saturated carbocycles. The van der Waals surface area contributed by atoms with Crippen molar-refractivity contribution in [2.24, 2.45) is 5.73 Å². The van der Waals surface area contributed by atoms with Gasteiger partial charge in [0, 0.05) is 12.6 Å². The van der Waals surface area contributed by atoms with Gasteiger partial charge in [-0.1, -0.05) is 19.1 Å². The molecular weight excluding hydrogens is 214 g/mol. The van der Waals surface area contributed by atoms with E-state index in [0.717, 1.165) is 29.9 Å². The van der Waals surface area contributed by atoms with Gasteiger partial charge < -0.3 is 15.2 Å². The molecule has 0 fully saturated rings. The summed E-state index contributed by atoms with van der Waals surface area (Å²) in [5.74, 6) is 0.912. The predicted molar refractivity (Wildman–Crippen MR) is 70.4 cm³/mol. The summed E-state index contributed by atoms with van der Waals surface area (Å²) in [4.78, 5) is 0. The van der Waals surface area contributed by atoms with Gasteiger partial charge in [0.15, 0.2) is 0 Å². The maximum Gasteiger partial charge on any atom is 0.122 e. The maximum atomic E-state index is 5.83. The van der Waals surface area contributed by atoms with Crippen molar-refractivity contribution in [1.82, 2.24) is 0 Å². The molecule has 0 saturated heterocycles. The molecule has 96 valence electrons. The van der Waals surface area contributed by atoms with E-state index < -0.39 is 0 Å². The minimum absolute atomic E-state index is 0.0654. The molecule has 1 aromatic carbocycles. The van der Waals surface area contributed by atoms with E-state index in [4.69, 9.17) is 15.2 Å². The molecular formula is C14H23NO2. The molecule has 0 aliphatic rings. The second-order valence-electron chi connectivity index (χ2n) is 4.27. The highest BCUT2D eigenvalue weighted by Crippen LogP contribution is 2.21. The minimum atomic E-state index is 0.0654. The predicted octanol–water partition coefficient (Wildman–Crippen LogP) is 2.82. The van der Waals surface area contributed by atoms with Gasteiger partial charge in [0.2, 0.25) is 0 Å². The van der Waals surface area contributed by atoms with Crippen molar-refractivity contribution in [3.05, 3.63) is 29.3 Å². The SMILES string of the molecule is CCCOCCOc1ccc([C@@H](C)N)cc1C. The van der Waals surface area contributed by atoms with Crippen molar-refractivity contribution in [3.8, 4) is 5.75 Å². The molecule has 3 heteroatoms. The highest BCUT2D eigenvalue weighted by Gasteiger charge is 2.04. The van der Waals surface area contributed by atoms with Crippen LogP contribution in [-0.2, 0) is 4.74 Å². The molecule has 1 atom stereocenters. The zero-order valence-electron chi connectivity index (χ0n) is 11.0. The topological polar surface area (TPSA) is 44.5 Å². The van der Waals surface area contributed by atoms with Gasteiger partial charge in [-0.25, -0.2) is 0 Å². The lowest BCUT2D eigenvalue weighted by molar-refractivity contribution is 0.100. The van der Waals surface area contributed by atoms with Gasteiger partial charge in [-0.15, -0.1) is 0 Å². The van der Waals surface area contributed by atoms with Crippen molar-refractivity contribution in [1.29, 1.82) is 0 Å². The molecule has 3 nitrogen and oxygen atoms in total. The fourth-order valence-electron chi connectivity index (χ4n) is 1.57. The highest BCUT2D eigenvalue weighted by atomic mass is 16.5. The van der Waals surface area contributed by atoms with Crippen LogP contribution in [-0.4, -0.2) is 19.8 Å². The summed E-state index contributed by atoms with van der Waals surface area (Å²) in [5, 5.41) is 0. The molecule has 2 N–H and O–H groups in total. The van der Waals surface area contributed by atoms with Crippen LogP contribution in [0.1, 0.15) is 37.4 Å². The summed E-state index contributed by atoms with van der Waals surface area (Å²) >= 11 is 0. The summed E-state index contributed by atoms with van der Waals surface area (Å²) < 4.78 is 11.0. The molecule has 0 aliphatic heterocycles. The average Bonchev–Trinajstić information content (AvgIpc) is 2.30. The first kappa shape index (κ1) is 14.0. The summed E-state index contributed by atoms with van der Waals surface area (Å²) in [5.41, 5.74) is 8.08. The molecule has 0 heterocycles. The van der Waals surface area contributed by atoms with Crippen LogP contribution in [0.25, 0.3) is 0 Å². The molecule has 1 rings (SSSR count). The van der Waals surface area contributed by atoms with Crippen LogP contribution in [0.15, 0.2) is 18.2 Å². The van der Waals surface area contributed by atoms with Crippen molar-refractivity contribution < 1.29 is 9.47 Å². The van der Waals surface area contributed by atoms with Gasteiger partial charge in [-0.3, -0.25) is 0 Å². The highest BCUT2D eigenvalue weighted by molar-refractivity contribution is 5.37. The van der Waals surface area contributed by atoms with E-state index >= 15 is 0 Å². The van der Waals surface area contributed by atoms with Crippen molar-refractivity contribution in [3.63, 3.8) is 0 Å². The zero-order chi connectivity index (χ0) is 12.7. The number of hydrogen-bond donors (Lipinski definition) is 1. The Hall–Kier alpha value is -1.06. The monoisotopic (exact) mass is 237 g/mol. The summed E-state index contributed by atoms with van der Waals surface area (Å²) in [7, 11) is 0. The van der Waals surface area contributed by atoms with E-state index in [1.54, 1.807) is 0 Å². The molecule has 0 spiro atoms. The van der Waals surface area contributed by atoms with Crippen LogP contribution >= 0.6 is 0 Å². The number of benzene rings is 1. The Balaban J connectivity index is 2.43. The van der Waals surface area contributed by atoms with Gasteiger partial charge in [0.1, 0.15) is 12.4 Å². The van der Waals surface area contributed by atoms with Crippen LogP contribution in [0.2, 0.25) is 0 Å². The second kappa shape index (κ2) is 7.30. The van der Waals surface area contributed by atoms with Crippen LogP contribution in [0, 0.1) is 6.92 Å². The molecule has 0 aromatic heterocycles. The molecule has 0 aliphatic carbocycles. The number of nitrogens with two attached hydrogens (primary N) is 1. The van der Waals surface area contributed by atoms with E-state index in [9.17, 15) is 0 Å². The average molecular weight is 237 g/mol. The molecule has 0 radical (unpaired) electrons. The normalized spacial score (nSPS) is 12.5. The molecule has 0 unspecified atom stereocenters. The van der Waals surface area contributed by atoms with Gasteiger partial charge in [0.05, 0.1) is 6.61 Å². The van der Waals surface area contributed by atoms with E-state index in [-0.39, 0.29) is 6.04 Å². The third kappa shape index (κ3) is 4.75. The van der Waals surface area contributed by atoms with E-state index in [1.165, 1.54) is 0 Å².